The monoisotopic (exact) mass is 279 g/mol. The predicted molar refractivity (Wildman–Crippen MR) is 74.9 cm³/mol. The Morgan fingerprint density at radius 1 is 1.45 bits per heavy atom. The van der Waals surface area contributed by atoms with E-state index in [1.54, 1.807) is 0 Å². The molecule has 108 valence electrons. The molecule has 0 saturated heterocycles. The van der Waals surface area contributed by atoms with Gasteiger partial charge in [-0.3, -0.25) is 4.79 Å². The average molecular weight is 279 g/mol. The first-order valence-corrected chi connectivity index (χ1v) is 6.45. The first-order chi connectivity index (χ1) is 9.43. The minimum atomic E-state index is -1.10. The summed E-state index contributed by atoms with van der Waals surface area (Å²) in [5, 5.41) is 11.3. The van der Waals surface area contributed by atoms with E-state index in [-0.39, 0.29) is 11.6 Å². The maximum atomic E-state index is 13.7. The third-order valence-corrected chi connectivity index (χ3v) is 2.75. The van der Waals surface area contributed by atoms with Crippen molar-refractivity contribution in [2.24, 2.45) is 0 Å². The predicted octanol–water partition coefficient (Wildman–Crippen LogP) is 2.84. The highest BCUT2D eigenvalue weighted by molar-refractivity contribution is 5.95. The molecule has 1 aromatic carbocycles. The number of carbonyl (C=O) groups is 2. The first-order valence-electron chi connectivity index (χ1n) is 6.45. The summed E-state index contributed by atoms with van der Waals surface area (Å²) in [5.74, 6) is -2.22. The number of halogens is 1. The molecule has 1 atom stereocenters. The smallest absolute Gasteiger partial charge is 0.328 e. The van der Waals surface area contributed by atoms with E-state index >= 15 is 0 Å². The molecule has 0 saturated carbocycles. The van der Waals surface area contributed by atoms with Crippen LogP contribution < -0.4 is 5.32 Å². The maximum Gasteiger partial charge on any atom is 0.328 e. The zero-order valence-electron chi connectivity index (χ0n) is 11.5. The molecule has 0 radical (unpaired) electrons. The van der Waals surface area contributed by atoms with Crippen LogP contribution in [0.15, 0.2) is 24.3 Å². The number of carboxylic acids is 1. The van der Waals surface area contributed by atoms with Crippen LogP contribution in [0.3, 0.4) is 0 Å². The minimum absolute atomic E-state index is 0.0369. The van der Waals surface area contributed by atoms with E-state index in [0.29, 0.717) is 5.56 Å². The lowest BCUT2D eigenvalue weighted by atomic mass is 10.1. The molecular weight excluding hydrogens is 261 g/mol. The quantitative estimate of drug-likeness (QED) is 0.787. The second-order valence-corrected chi connectivity index (χ2v) is 4.57. The first kappa shape index (κ1) is 15.9. The Kier molecular flexibility index (Phi) is 5.90. The Balaban J connectivity index is 2.90. The summed E-state index contributed by atoms with van der Waals surface area (Å²) >= 11 is 0. The van der Waals surface area contributed by atoms with E-state index < -0.39 is 17.7 Å². The van der Waals surface area contributed by atoms with Crippen LogP contribution in [-0.2, 0) is 4.79 Å². The summed E-state index contributed by atoms with van der Waals surface area (Å²) in [6, 6.07) is 3.87. The Bertz CT molecular complexity index is 526. The molecule has 0 spiro atoms. The highest BCUT2D eigenvalue weighted by atomic mass is 19.1. The lowest BCUT2D eigenvalue weighted by Gasteiger charge is -2.13. The van der Waals surface area contributed by atoms with E-state index in [2.05, 4.69) is 5.32 Å². The third kappa shape index (κ3) is 4.84. The zero-order chi connectivity index (χ0) is 15.1. The molecule has 0 aliphatic carbocycles. The summed E-state index contributed by atoms with van der Waals surface area (Å²) in [7, 11) is 0. The molecule has 4 nitrogen and oxygen atoms in total. The van der Waals surface area contributed by atoms with Crippen LogP contribution in [0, 0.1) is 5.82 Å². The van der Waals surface area contributed by atoms with Gasteiger partial charge >= 0.3 is 5.97 Å². The fourth-order valence-corrected chi connectivity index (χ4v) is 1.79. The van der Waals surface area contributed by atoms with Gasteiger partial charge in [0.2, 0.25) is 0 Å². The van der Waals surface area contributed by atoms with E-state index in [1.807, 2.05) is 13.8 Å². The second kappa shape index (κ2) is 7.43. The third-order valence-electron chi connectivity index (χ3n) is 2.75. The zero-order valence-corrected chi connectivity index (χ0v) is 11.5. The van der Waals surface area contributed by atoms with Gasteiger partial charge in [-0.05, 0) is 37.1 Å². The van der Waals surface area contributed by atoms with Crippen LogP contribution in [0.4, 0.5) is 4.39 Å². The van der Waals surface area contributed by atoms with Gasteiger partial charge in [-0.25, -0.2) is 9.18 Å². The number of aliphatic carboxylic acids is 1. The Morgan fingerprint density at radius 3 is 2.75 bits per heavy atom. The van der Waals surface area contributed by atoms with Crippen molar-refractivity contribution in [3.05, 3.63) is 41.2 Å². The van der Waals surface area contributed by atoms with Crippen molar-refractivity contribution in [2.75, 3.05) is 0 Å². The van der Waals surface area contributed by atoms with Crippen LogP contribution in [-0.4, -0.2) is 23.0 Å². The number of hydrogen-bond acceptors (Lipinski definition) is 2. The average Bonchev–Trinajstić information content (AvgIpc) is 2.37. The van der Waals surface area contributed by atoms with Crippen molar-refractivity contribution in [3.63, 3.8) is 0 Å². The van der Waals surface area contributed by atoms with Gasteiger partial charge in [0.15, 0.2) is 0 Å². The van der Waals surface area contributed by atoms with E-state index in [0.717, 1.165) is 25.0 Å². The molecule has 2 N–H and O–H groups in total. The van der Waals surface area contributed by atoms with Crippen molar-refractivity contribution in [1.29, 1.82) is 0 Å². The lowest BCUT2D eigenvalue weighted by Crippen LogP contribution is -2.33. The summed E-state index contributed by atoms with van der Waals surface area (Å²) in [4.78, 5) is 22.4. The molecule has 0 heterocycles. The molecule has 0 aliphatic heterocycles. The number of hydrogen-bond donors (Lipinski definition) is 2. The molecule has 0 aliphatic rings. The van der Waals surface area contributed by atoms with Crippen LogP contribution >= 0.6 is 0 Å². The van der Waals surface area contributed by atoms with E-state index in [9.17, 15) is 14.0 Å². The van der Waals surface area contributed by atoms with E-state index in [4.69, 9.17) is 5.11 Å². The number of carboxylic acid groups (broad SMARTS) is 1. The van der Waals surface area contributed by atoms with Crippen molar-refractivity contribution in [1.82, 2.24) is 5.32 Å². The lowest BCUT2D eigenvalue weighted by molar-refractivity contribution is -0.131. The molecule has 1 aromatic rings. The Morgan fingerprint density at radius 2 is 2.15 bits per heavy atom. The number of rotatable bonds is 6. The number of benzene rings is 1. The SMILES string of the molecule is CCCC(C)NC(=O)c1cc(C=CC(=O)O)ccc1F. The van der Waals surface area contributed by atoms with Crippen LogP contribution in [0.2, 0.25) is 0 Å². The standard InChI is InChI=1S/C15H18FNO3/c1-3-4-10(2)17-15(20)12-9-11(5-7-13(12)16)6-8-14(18)19/h5-10H,3-4H2,1-2H3,(H,17,20)(H,18,19). The van der Waals surface area contributed by atoms with Gasteiger partial charge in [-0.2, -0.15) is 0 Å². The Labute approximate surface area is 117 Å². The fourth-order valence-electron chi connectivity index (χ4n) is 1.79. The van der Waals surface area contributed by atoms with Crippen LogP contribution in [0.5, 0.6) is 0 Å². The van der Waals surface area contributed by atoms with Gasteiger partial charge in [-0.15, -0.1) is 0 Å². The summed E-state index contributed by atoms with van der Waals surface area (Å²) < 4.78 is 13.7. The molecule has 20 heavy (non-hydrogen) atoms. The molecule has 0 fully saturated rings. The summed E-state index contributed by atoms with van der Waals surface area (Å²) in [5.41, 5.74) is 0.377. The molecule has 5 heteroatoms. The number of amides is 1. The van der Waals surface area contributed by atoms with Crippen LogP contribution in [0.25, 0.3) is 6.08 Å². The molecule has 0 aromatic heterocycles. The topological polar surface area (TPSA) is 66.4 Å². The van der Waals surface area contributed by atoms with Crippen LogP contribution in [0.1, 0.15) is 42.6 Å². The van der Waals surface area contributed by atoms with Gasteiger partial charge in [0.05, 0.1) is 5.56 Å². The van der Waals surface area contributed by atoms with E-state index in [1.165, 1.54) is 18.2 Å². The molecule has 1 amide bonds. The van der Waals surface area contributed by atoms with Gasteiger partial charge in [0, 0.05) is 12.1 Å². The fraction of sp³-hybridized carbons (Fsp3) is 0.333. The molecular formula is C15H18FNO3. The molecule has 1 unspecified atom stereocenters. The molecule has 0 bridgehead atoms. The highest BCUT2D eigenvalue weighted by Gasteiger charge is 2.14. The van der Waals surface area contributed by atoms with Crippen molar-refractivity contribution in [2.45, 2.75) is 32.7 Å². The van der Waals surface area contributed by atoms with Gasteiger partial charge in [0.25, 0.3) is 5.91 Å². The minimum Gasteiger partial charge on any atom is -0.478 e. The Hall–Kier alpha value is -2.17. The second-order valence-electron chi connectivity index (χ2n) is 4.57. The highest BCUT2D eigenvalue weighted by Crippen LogP contribution is 2.12. The number of carbonyl (C=O) groups excluding carboxylic acids is 1. The van der Waals surface area contributed by atoms with Crippen molar-refractivity contribution >= 4 is 18.0 Å². The number of nitrogens with one attached hydrogen (secondary N) is 1. The largest absolute Gasteiger partial charge is 0.478 e. The summed E-state index contributed by atoms with van der Waals surface area (Å²) in [6.07, 6.45) is 3.99. The summed E-state index contributed by atoms with van der Waals surface area (Å²) in [6.45, 7) is 3.86. The van der Waals surface area contributed by atoms with Crippen molar-refractivity contribution in [3.8, 4) is 0 Å². The van der Waals surface area contributed by atoms with Gasteiger partial charge in [0.1, 0.15) is 5.82 Å². The molecule has 1 rings (SSSR count). The van der Waals surface area contributed by atoms with Crippen molar-refractivity contribution < 1.29 is 19.1 Å². The van der Waals surface area contributed by atoms with Gasteiger partial charge < -0.3 is 10.4 Å². The normalized spacial score (nSPS) is 12.3. The maximum absolute atomic E-state index is 13.7. The van der Waals surface area contributed by atoms with Gasteiger partial charge in [-0.1, -0.05) is 19.4 Å².